The van der Waals surface area contributed by atoms with Crippen molar-refractivity contribution in [2.45, 2.75) is 0 Å². The zero-order valence-corrected chi connectivity index (χ0v) is 13.6. The third-order valence-corrected chi connectivity index (χ3v) is 4.17. The molecule has 21 heavy (non-hydrogen) atoms. The second-order valence-corrected chi connectivity index (χ2v) is 5.65. The number of aromatic amines is 1. The monoisotopic (exact) mass is 370 g/mol. The molecule has 0 unspecified atom stereocenters. The van der Waals surface area contributed by atoms with E-state index in [1.807, 2.05) is 30.3 Å². The molecule has 5 nitrogen and oxygen atoms in total. The summed E-state index contributed by atoms with van der Waals surface area (Å²) in [5.74, 6) is 0.410. The smallest absolute Gasteiger partial charge is 0.270 e. The lowest BCUT2D eigenvalue weighted by atomic mass is 10.0. The van der Waals surface area contributed by atoms with Gasteiger partial charge in [0.25, 0.3) is 5.91 Å². The van der Waals surface area contributed by atoms with Gasteiger partial charge in [0, 0.05) is 31.1 Å². The van der Waals surface area contributed by atoms with E-state index in [0.717, 1.165) is 24.3 Å². The van der Waals surface area contributed by atoms with Gasteiger partial charge in [-0.1, -0.05) is 30.3 Å². The molecule has 7 heteroatoms. The number of carbonyl (C=O) groups excluding carboxylic acids is 1. The van der Waals surface area contributed by atoms with Crippen molar-refractivity contribution in [2.24, 2.45) is 5.92 Å². The summed E-state index contributed by atoms with van der Waals surface area (Å²) >= 11 is 3.46. The number of nitrogens with one attached hydrogen (secondary N) is 3. The average Bonchev–Trinajstić information content (AvgIpc) is 2.80. The topological polar surface area (TPSA) is 69.8 Å². The molecule has 1 aromatic heterocycles. The van der Waals surface area contributed by atoms with Crippen LogP contribution in [0.4, 0.5) is 0 Å². The van der Waals surface area contributed by atoms with Crippen molar-refractivity contribution in [2.75, 3.05) is 19.6 Å². The molecule has 3 rings (SSSR count). The third kappa shape index (κ3) is 3.45. The van der Waals surface area contributed by atoms with E-state index in [1.54, 1.807) is 0 Å². The van der Waals surface area contributed by atoms with Crippen LogP contribution in [0.25, 0.3) is 11.3 Å². The summed E-state index contributed by atoms with van der Waals surface area (Å²) in [7, 11) is 0. The van der Waals surface area contributed by atoms with E-state index in [-0.39, 0.29) is 18.3 Å². The standard InChI is InChI=1S/C14H15BrN4O.ClH/c15-11-12(10-4-2-1-3-5-10)18-19-13(11)14(20)17-8-9-6-16-7-9;/h1-5,9,16H,6-8H2,(H,17,20)(H,18,19);1H. The molecule has 3 N–H and O–H groups in total. The SMILES string of the molecule is Cl.O=C(NCC1CNC1)c1[nH]nc(-c2ccccc2)c1Br. The molecule has 0 spiro atoms. The van der Waals surface area contributed by atoms with E-state index in [2.05, 4.69) is 36.8 Å². The van der Waals surface area contributed by atoms with E-state index >= 15 is 0 Å². The van der Waals surface area contributed by atoms with Crippen LogP contribution in [0.15, 0.2) is 34.8 Å². The molecule has 0 aliphatic carbocycles. The highest BCUT2D eigenvalue weighted by molar-refractivity contribution is 9.10. The van der Waals surface area contributed by atoms with Gasteiger partial charge >= 0.3 is 0 Å². The fourth-order valence-corrected chi connectivity index (χ4v) is 2.67. The minimum atomic E-state index is -0.126. The number of hydrogen-bond acceptors (Lipinski definition) is 3. The first kappa shape index (κ1) is 16.0. The van der Waals surface area contributed by atoms with Crippen molar-refractivity contribution in [3.63, 3.8) is 0 Å². The molecule has 2 aromatic rings. The first-order chi connectivity index (χ1) is 9.75. The minimum absolute atomic E-state index is 0. The Bertz CT molecular complexity index is 613. The highest BCUT2D eigenvalue weighted by Gasteiger charge is 2.21. The quantitative estimate of drug-likeness (QED) is 0.772. The van der Waals surface area contributed by atoms with Gasteiger partial charge in [0.2, 0.25) is 0 Å². The van der Waals surface area contributed by atoms with Crippen LogP contribution in [0.5, 0.6) is 0 Å². The molecular weight excluding hydrogens is 356 g/mol. The van der Waals surface area contributed by atoms with Crippen molar-refractivity contribution in [3.8, 4) is 11.3 Å². The Morgan fingerprint density at radius 1 is 1.33 bits per heavy atom. The second kappa shape index (κ2) is 7.06. The van der Waals surface area contributed by atoms with Gasteiger partial charge in [-0.05, 0) is 15.9 Å². The number of benzene rings is 1. The van der Waals surface area contributed by atoms with Crippen molar-refractivity contribution >= 4 is 34.2 Å². The molecule has 1 amide bonds. The van der Waals surface area contributed by atoms with Crippen LogP contribution >= 0.6 is 28.3 Å². The predicted molar refractivity (Wildman–Crippen MR) is 87.7 cm³/mol. The van der Waals surface area contributed by atoms with Crippen LogP contribution in [-0.4, -0.2) is 35.7 Å². The molecule has 1 aromatic carbocycles. The number of H-pyrrole nitrogens is 1. The van der Waals surface area contributed by atoms with Crippen LogP contribution in [0.1, 0.15) is 10.5 Å². The number of rotatable bonds is 4. The van der Waals surface area contributed by atoms with Gasteiger partial charge in [-0.25, -0.2) is 0 Å². The van der Waals surface area contributed by atoms with Crippen molar-refractivity contribution in [1.82, 2.24) is 20.8 Å². The van der Waals surface area contributed by atoms with E-state index in [9.17, 15) is 4.79 Å². The highest BCUT2D eigenvalue weighted by atomic mass is 79.9. The number of halogens is 2. The van der Waals surface area contributed by atoms with Crippen molar-refractivity contribution in [1.29, 1.82) is 0 Å². The summed E-state index contributed by atoms with van der Waals surface area (Å²) in [6.45, 7) is 2.64. The molecule has 1 aliphatic heterocycles. The summed E-state index contributed by atoms with van der Waals surface area (Å²) in [6, 6.07) is 9.76. The summed E-state index contributed by atoms with van der Waals surface area (Å²) in [4.78, 5) is 12.1. The first-order valence-corrected chi connectivity index (χ1v) is 7.33. The van der Waals surface area contributed by atoms with Crippen LogP contribution in [0, 0.1) is 5.92 Å². The Hall–Kier alpha value is -1.37. The Kier molecular flexibility index (Phi) is 5.39. The number of carbonyl (C=O) groups is 1. The van der Waals surface area contributed by atoms with E-state index < -0.39 is 0 Å². The van der Waals surface area contributed by atoms with Crippen molar-refractivity contribution in [3.05, 3.63) is 40.5 Å². The molecular formula is C14H16BrClN4O. The summed E-state index contributed by atoms with van der Waals surface area (Å²) < 4.78 is 0.702. The molecule has 0 atom stereocenters. The lowest BCUT2D eigenvalue weighted by molar-refractivity contribution is 0.0936. The van der Waals surface area contributed by atoms with Gasteiger partial charge in [-0.15, -0.1) is 12.4 Å². The summed E-state index contributed by atoms with van der Waals surface area (Å²) in [6.07, 6.45) is 0. The van der Waals surface area contributed by atoms with E-state index in [4.69, 9.17) is 0 Å². The number of amides is 1. The second-order valence-electron chi connectivity index (χ2n) is 4.86. The maximum absolute atomic E-state index is 12.1. The number of hydrogen-bond donors (Lipinski definition) is 3. The summed E-state index contributed by atoms with van der Waals surface area (Å²) in [5.41, 5.74) is 2.19. The van der Waals surface area contributed by atoms with Gasteiger partial charge in [-0.3, -0.25) is 9.89 Å². The Balaban J connectivity index is 0.00000161. The Labute approximate surface area is 137 Å². The van der Waals surface area contributed by atoms with Gasteiger partial charge in [0.15, 0.2) is 0 Å². The molecule has 2 heterocycles. The van der Waals surface area contributed by atoms with Gasteiger partial charge in [-0.2, -0.15) is 5.10 Å². The zero-order chi connectivity index (χ0) is 13.9. The first-order valence-electron chi connectivity index (χ1n) is 6.54. The average molecular weight is 372 g/mol. The number of nitrogens with zero attached hydrogens (tertiary/aromatic N) is 1. The molecule has 0 radical (unpaired) electrons. The highest BCUT2D eigenvalue weighted by Crippen LogP contribution is 2.28. The van der Waals surface area contributed by atoms with Crippen LogP contribution < -0.4 is 10.6 Å². The van der Waals surface area contributed by atoms with E-state index in [1.165, 1.54) is 0 Å². The largest absolute Gasteiger partial charge is 0.350 e. The van der Waals surface area contributed by atoms with Crippen LogP contribution in [0.3, 0.4) is 0 Å². The summed E-state index contributed by atoms with van der Waals surface area (Å²) in [5, 5.41) is 13.1. The third-order valence-electron chi connectivity index (χ3n) is 3.40. The predicted octanol–water partition coefficient (Wildman–Crippen LogP) is 2.21. The lowest BCUT2D eigenvalue weighted by Gasteiger charge is -2.26. The van der Waals surface area contributed by atoms with Gasteiger partial charge < -0.3 is 10.6 Å². The fraction of sp³-hybridized carbons (Fsp3) is 0.286. The maximum Gasteiger partial charge on any atom is 0.270 e. The van der Waals surface area contributed by atoms with E-state index in [0.29, 0.717) is 22.6 Å². The number of aromatic nitrogens is 2. The molecule has 1 fully saturated rings. The zero-order valence-electron chi connectivity index (χ0n) is 11.2. The molecule has 1 aliphatic rings. The van der Waals surface area contributed by atoms with Crippen LogP contribution in [-0.2, 0) is 0 Å². The maximum atomic E-state index is 12.1. The normalized spacial score (nSPS) is 14.1. The molecule has 0 saturated carbocycles. The lowest BCUT2D eigenvalue weighted by Crippen LogP contribution is -2.48. The van der Waals surface area contributed by atoms with Crippen molar-refractivity contribution < 1.29 is 4.79 Å². The molecule has 0 bridgehead atoms. The Morgan fingerprint density at radius 3 is 2.67 bits per heavy atom. The molecule has 112 valence electrons. The molecule has 1 saturated heterocycles. The fourth-order valence-electron chi connectivity index (χ4n) is 2.08. The minimum Gasteiger partial charge on any atom is -0.350 e. The van der Waals surface area contributed by atoms with Gasteiger partial charge in [0.05, 0.1) is 4.47 Å². The Morgan fingerprint density at radius 2 is 2.05 bits per heavy atom. The van der Waals surface area contributed by atoms with Crippen LogP contribution in [0.2, 0.25) is 0 Å². The van der Waals surface area contributed by atoms with Gasteiger partial charge in [0.1, 0.15) is 11.4 Å².